The first kappa shape index (κ1) is 15.7. The Balaban J connectivity index is 1.77. The molecule has 25 heavy (non-hydrogen) atoms. The molecule has 0 unspecified atom stereocenters. The summed E-state index contributed by atoms with van der Waals surface area (Å²) in [6.45, 7) is 1.84. The Bertz CT molecular complexity index is 1090. The summed E-state index contributed by atoms with van der Waals surface area (Å²) < 4.78 is 34.1. The van der Waals surface area contributed by atoms with Gasteiger partial charge in [-0.25, -0.2) is 18.7 Å². The molecule has 3 heterocycles. The number of hydrogen-bond acceptors (Lipinski definition) is 6. The van der Waals surface area contributed by atoms with E-state index in [1.165, 1.54) is 18.1 Å². The zero-order valence-corrected chi connectivity index (χ0v) is 14.0. The molecule has 0 saturated heterocycles. The Labute approximate surface area is 144 Å². The Morgan fingerprint density at radius 3 is 2.68 bits per heavy atom. The lowest BCUT2D eigenvalue weighted by molar-refractivity contribution is 0.510. The van der Waals surface area contributed by atoms with Gasteiger partial charge in [0.05, 0.1) is 17.3 Å². The van der Waals surface area contributed by atoms with Crippen LogP contribution in [0.25, 0.3) is 22.3 Å². The maximum atomic E-state index is 13.6. The van der Waals surface area contributed by atoms with Crippen molar-refractivity contribution in [3.8, 4) is 11.4 Å². The second-order valence-electron chi connectivity index (χ2n) is 5.32. The van der Waals surface area contributed by atoms with Crippen LogP contribution in [0.2, 0.25) is 0 Å². The minimum absolute atomic E-state index is 0.324. The maximum Gasteiger partial charge on any atom is 0.197 e. The highest BCUT2D eigenvalue weighted by Crippen LogP contribution is 2.33. The van der Waals surface area contributed by atoms with Crippen molar-refractivity contribution in [2.24, 2.45) is 7.05 Å². The second-order valence-corrected chi connectivity index (χ2v) is 6.28. The van der Waals surface area contributed by atoms with E-state index in [2.05, 4.69) is 20.2 Å². The number of hydrogen-bond donors (Lipinski definition) is 0. The molecular weight excluding hydrogens is 348 g/mol. The molecule has 0 atom stereocenters. The number of halogens is 2. The standard InChI is InChI=1S/C16H11F2N5OS/c1-8-9(3-4-24-8)14-21-22-16(23(14)2)25-15-10-5-11(17)12(18)6-13(10)19-7-20-15/h3-7H,1-2H3. The van der Waals surface area contributed by atoms with Crippen LogP contribution in [0.15, 0.2) is 45.4 Å². The summed E-state index contributed by atoms with van der Waals surface area (Å²) in [7, 11) is 1.81. The van der Waals surface area contributed by atoms with Gasteiger partial charge in [0.2, 0.25) is 0 Å². The van der Waals surface area contributed by atoms with Crippen LogP contribution in [0.4, 0.5) is 8.78 Å². The van der Waals surface area contributed by atoms with Crippen LogP contribution in [-0.2, 0) is 7.05 Å². The lowest BCUT2D eigenvalue weighted by atomic mass is 10.2. The Morgan fingerprint density at radius 2 is 1.92 bits per heavy atom. The third kappa shape index (κ3) is 2.66. The summed E-state index contributed by atoms with van der Waals surface area (Å²) in [5.74, 6) is -0.517. The van der Waals surface area contributed by atoms with Gasteiger partial charge in [0, 0.05) is 18.5 Å². The van der Waals surface area contributed by atoms with E-state index in [4.69, 9.17) is 4.42 Å². The largest absolute Gasteiger partial charge is 0.469 e. The number of aromatic nitrogens is 5. The molecule has 0 radical (unpaired) electrons. The number of benzene rings is 1. The van der Waals surface area contributed by atoms with Gasteiger partial charge in [0.25, 0.3) is 0 Å². The third-order valence-electron chi connectivity index (χ3n) is 3.76. The molecule has 4 rings (SSSR count). The van der Waals surface area contributed by atoms with Crippen molar-refractivity contribution in [2.75, 3.05) is 0 Å². The van der Waals surface area contributed by atoms with Gasteiger partial charge in [-0.05, 0) is 30.8 Å². The molecule has 0 aliphatic carbocycles. The van der Waals surface area contributed by atoms with Gasteiger partial charge in [0.15, 0.2) is 22.6 Å². The predicted octanol–water partition coefficient (Wildman–Crippen LogP) is 3.76. The van der Waals surface area contributed by atoms with E-state index in [1.807, 2.05) is 20.0 Å². The summed E-state index contributed by atoms with van der Waals surface area (Å²) in [5.41, 5.74) is 1.16. The molecule has 0 aliphatic heterocycles. The van der Waals surface area contributed by atoms with Crippen molar-refractivity contribution < 1.29 is 13.2 Å². The number of aryl methyl sites for hydroxylation is 1. The number of rotatable bonds is 3. The fourth-order valence-electron chi connectivity index (χ4n) is 2.45. The molecule has 3 aromatic heterocycles. The van der Waals surface area contributed by atoms with Crippen molar-refractivity contribution in [2.45, 2.75) is 17.1 Å². The molecule has 0 fully saturated rings. The second kappa shape index (κ2) is 5.92. The topological polar surface area (TPSA) is 69.6 Å². The van der Waals surface area contributed by atoms with E-state index in [0.717, 1.165) is 23.5 Å². The third-order valence-corrected chi connectivity index (χ3v) is 4.82. The minimum atomic E-state index is -0.947. The summed E-state index contributed by atoms with van der Waals surface area (Å²) in [4.78, 5) is 8.15. The summed E-state index contributed by atoms with van der Waals surface area (Å²) >= 11 is 1.20. The summed E-state index contributed by atoms with van der Waals surface area (Å²) in [5, 5.41) is 9.78. The lowest BCUT2D eigenvalue weighted by Gasteiger charge is -2.05. The van der Waals surface area contributed by atoms with Gasteiger partial charge < -0.3 is 8.98 Å². The highest BCUT2D eigenvalue weighted by Gasteiger charge is 2.17. The molecule has 1 aromatic carbocycles. The van der Waals surface area contributed by atoms with Crippen LogP contribution < -0.4 is 0 Å². The fraction of sp³-hybridized carbons (Fsp3) is 0.125. The first-order chi connectivity index (χ1) is 12.0. The molecule has 0 saturated carbocycles. The molecule has 0 spiro atoms. The zero-order valence-electron chi connectivity index (χ0n) is 13.2. The highest BCUT2D eigenvalue weighted by molar-refractivity contribution is 7.99. The minimum Gasteiger partial charge on any atom is -0.469 e. The van der Waals surface area contributed by atoms with Crippen molar-refractivity contribution in [1.82, 2.24) is 24.7 Å². The van der Waals surface area contributed by atoms with Crippen molar-refractivity contribution in [1.29, 1.82) is 0 Å². The molecule has 0 aliphatic rings. The monoisotopic (exact) mass is 359 g/mol. The lowest BCUT2D eigenvalue weighted by Crippen LogP contribution is -1.96. The van der Waals surface area contributed by atoms with Crippen LogP contribution in [0.1, 0.15) is 5.76 Å². The molecular formula is C16H11F2N5OS. The van der Waals surface area contributed by atoms with Crippen LogP contribution in [0, 0.1) is 18.6 Å². The van der Waals surface area contributed by atoms with Crippen LogP contribution in [0.3, 0.4) is 0 Å². The SMILES string of the molecule is Cc1occc1-c1nnc(Sc2ncnc3cc(F)c(F)cc23)n1C. The van der Waals surface area contributed by atoms with Gasteiger partial charge in [0.1, 0.15) is 17.1 Å². The van der Waals surface area contributed by atoms with E-state index in [9.17, 15) is 8.78 Å². The van der Waals surface area contributed by atoms with Crippen molar-refractivity contribution >= 4 is 22.7 Å². The molecule has 126 valence electrons. The highest BCUT2D eigenvalue weighted by atomic mass is 32.2. The molecule has 9 heteroatoms. The van der Waals surface area contributed by atoms with E-state index in [-0.39, 0.29) is 0 Å². The van der Waals surface area contributed by atoms with Crippen molar-refractivity contribution in [3.63, 3.8) is 0 Å². The van der Waals surface area contributed by atoms with E-state index >= 15 is 0 Å². The van der Waals surface area contributed by atoms with Crippen molar-refractivity contribution in [3.05, 3.63) is 48.2 Å². The van der Waals surface area contributed by atoms with Gasteiger partial charge in [-0.3, -0.25) is 0 Å². The molecule has 0 amide bonds. The first-order valence-electron chi connectivity index (χ1n) is 7.26. The average molecular weight is 359 g/mol. The van der Waals surface area contributed by atoms with Crippen LogP contribution >= 0.6 is 11.8 Å². The van der Waals surface area contributed by atoms with Gasteiger partial charge in [-0.15, -0.1) is 10.2 Å². The first-order valence-corrected chi connectivity index (χ1v) is 8.07. The smallest absolute Gasteiger partial charge is 0.197 e. The normalized spacial score (nSPS) is 11.4. The Morgan fingerprint density at radius 1 is 1.12 bits per heavy atom. The molecule has 6 nitrogen and oxygen atoms in total. The maximum absolute atomic E-state index is 13.6. The zero-order chi connectivity index (χ0) is 17.6. The van der Waals surface area contributed by atoms with E-state index in [1.54, 1.807) is 10.8 Å². The summed E-state index contributed by atoms with van der Waals surface area (Å²) in [6.07, 6.45) is 2.89. The van der Waals surface area contributed by atoms with Crippen LogP contribution in [0.5, 0.6) is 0 Å². The average Bonchev–Trinajstić information content (AvgIpc) is 3.15. The van der Waals surface area contributed by atoms with Gasteiger partial charge in [-0.1, -0.05) is 0 Å². The number of nitrogens with zero attached hydrogens (tertiary/aromatic N) is 5. The molecule has 0 N–H and O–H groups in total. The quantitative estimate of drug-likeness (QED) is 0.519. The van der Waals surface area contributed by atoms with Crippen LogP contribution in [-0.4, -0.2) is 24.7 Å². The van der Waals surface area contributed by atoms with Gasteiger partial charge >= 0.3 is 0 Å². The number of furan rings is 1. The fourth-order valence-corrected chi connectivity index (χ4v) is 3.30. The molecule has 0 bridgehead atoms. The molecule has 4 aromatic rings. The predicted molar refractivity (Wildman–Crippen MR) is 87.0 cm³/mol. The number of fused-ring (bicyclic) bond motifs is 1. The van der Waals surface area contributed by atoms with Gasteiger partial charge in [-0.2, -0.15) is 0 Å². The van der Waals surface area contributed by atoms with E-state index in [0.29, 0.717) is 26.9 Å². The van der Waals surface area contributed by atoms with E-state index < -0.39 is 11.6 Å². The Kier molecular flexibility index (Phi) is 3.72. The summed E-state index contributed by atoms with van der Waals surface area (Å²) in [6, 6.07) is 3.95. The Hall–Kier alpha value is -2.81.